The molecule has 1 saturated carbocycles. The van der Waals surface area contributed by atoms with Crippen LogP contribution in [0.15, 0.2) is 30.3 Å². The standard InChI is InChI=1S/C13H16N4O/c1-10(18)13(7-8-13)9-12-14-15-16-17(12)11-5-3-2-4-6-11/h2-6,10,18H,7-9H2,1H3. The van der Waals surface area contributed by atoms with Gasteiger partial charge in [0.25, 0.3) is 0 Å². The van der Waals surface area contributed by atoms with Gasteiger partial charge in [-0.25, -0.2) is 0 Å². The van der Waals surface area contributed by atoms with Gasteiger partial charge < -0.3 is 5.11 Å². The van der Waals surface area contributed by atoms with Gasteiger partial charge in [0.1, 0.15) is 0 Å². The fraction of sp³-hybridized carbons (Fsp3) is 0.462. The van der Waals surface area contributed by atoms with Gasteiger partial charge in [0.05, 0.1) is 11.8 Å². The minimum absolute atomic E-state index is 0.0127. The van der Waals surface area contributed by atoms with E-state index in [4.69, 9.17) is 0 Å². The van der Waals surface area contributed by atoms with Crippen molar-refractivity contribution in [2.24, 2.45) is 5.41 Å². The molecule has 1 aromatic carbocycles. The van der Waals surface area contributed by atoms with Crippen LogP contribution >= 0.6 is 0 Å². The molecule has 1 unspecified atom stereocenters. The number of tetrazole rings is 1. The van der Waals surface area contributed by atoms with E-state index in [0.717, 1.165) is 30.8 Å². The maximum atomic E-state index is 9.83. The number of para-hydroxylation sites is 1. The van der Waals surface area contributed by atoms with Crippen LogP contribution in [0.4, 0.5) is 0 Å². The largest absolute Gasteiger partial charge is 0.393 e. The van der Waals surface area contributed by atoms with Crippen LogP contribution in [-0.4, -0.2) is 31.4 Å². The Morgan fingerprint density at radius 2 is 2.06 bits per heavy atom. The SMILES string of the molecule is CC(O)C1(Cc2nnnn2-c2ccccc2)CC1. The van der Waals surface area contributed by atoms with Crippen LogP contribution < -0.4 is 0 Å². The summed E-state index contributed by atoms with van der Waals surface area (Å²) in [6.07, 6.45) is 2.52. The van der Waals surface area contributed by atoms with Crippen LogP contribution in [0.25, 0.3) is 5.69 Å². The zero-order valence-electron chi connectivity index (χ0n) is 10.3. The van der Waals surface area contributed by atoms with Crippen molar-refractivity contribution < 1.29 is 5.11 Å². The third-order valence-corrected chi connectivity index (χ3v) is 3.82. The van der Waals surface area contributed by atoms with E-state index in [2.05, 4.69) is 15.5 Å². The lowest BCUT2D eigenvalue weighted by molar-refractivity contribution is 0.109. The van der Waals surface area contributed by atoms with E-state index in [-0.39, 0.29) is 11.5 Å². The van der Waals surface area contributed by atoms with Gasteiger partial charge >= 0.3 is 0 Å². The van der Waals surface area contributed by atoms with E-state index in [0.29, 0.717) is 0 Å². The van der Waals surface area contributed by atoms with E-state index < -0.39 is 0 Å². The second kappa shape index (κ2) is 4.17. The van der Waals surface area contributed by atoms with Gasteiger partial charge in [-0.1, -0.05) is 18.2 Å². The summed E-state index contributed by atoms with van der Waals surface area (Å²) >= 11 is 0. The molecule has 0 amide bonds. The topological polar surface area (TPSA) is 63.8 Å². The van der Waals surface area contributed by atoms with Gasteiger partial charge in [-0.3, -0.25) is 0 Å². The van der Waals surface area contributed by atoms with Crippen molar-refractivity contribution in [1.29, 1.82) is 0 Å². The third kappa shape index (κ3) is 1.90. The predicted molar refractivity (Wildman–Crippen MR) is 66.2 cm³/mol. The Morgan fingerprint density at radius 3 is 2.67 bits per heavy atom. The highest BCUT2D eigenvalue weighted by molar-refractivity contribution is 5.30. The second-order valence-electron chi connectivity index (χ2n) is 5.06. The van der Waals surface area contributed by atoms with Crippen molar-refractivity contribution in [3.63, 3.8) is 0 Å². The Balaban J connectivity index is 1.89. The average molecular weight is 244 g/mol. The highest BCUT2D eigenvalue weighted by Gasteiger charge is 2.47. The Kier molecular flexibility index (Phi) is 2.63. The number of hydrogen-bond donors (Lipinski definition) is 1. The lowest BCUT2D eigenvalue weighted by Gasteiger charge is -2.17. The van der Waals surface area contributed by atoms with Crippen LogP contribution in [0.1, 0.15) is 25.6 Å². The molecule has 5 nitrogen and oxygen atoms in total. The van der Waals surface area contributed by atoms with Gasteiger partial charge in [0.15, 0.2) is 5.82 Å². The highest BCUT2D eigenvalue weighted by atomic mass is 16.3. The minimum Gasteiger partial charge on any atom is -0.393 e. The summed E-state index contributed by atoms with van der Waals surface area (Å²) in [6, 6.07) is 9.83. The van der Waals surface area contributed by atoms with Crippen molar-refractivity contribution in [1.82, 2.24) is 20.2 Å². The van der Waals surface area contributed by atoms with E-state index >= 15 is 0 Å². The minimum atomic E-state index is -0.307. The molecule has 0 spiro atoms. The number of nitrogens with zero attached hydrogens (tertiary/aromatic N) is 4. The van der Waals surface area contributed by atoms with Gasteiger partial charge in [-0.15, -0.1) is 5.10 Å². The number of aromatic nitrogens is 4. The predicted octanol–water partition coefficient (Wildman–Crippen LogP) is 1.37. The molecule has 1 heterocycles. The molecule has 2 aromatic rings. The fourth-order valence-electron chi connectivity index (χ4n) is 2.30. The summed E-state index contributed by atoms with van der Waals surface area (Å²) in [5.41, 5.74) is 0.945. The van der Waals surface area contributed by atoms with Gasteiger partial charge in [0.2, 0.25) is 0 Å². The number of benzene rings is 1. The Labute approximate surface area is 105 Å². The Hall–Kier alpha value is -1.75. The highest BCUT2D eigenvalue weighted by Crippen LogP contribution is 2.51. The molecule has 1 N–H and O–H groups in total. The summed E-state index contributed by atoms with van der Waals surface area (Å²) in [5.74, 6) is 0.819. The van der Waals surface area contributed by atoms with Crippen molar-refractivity contribution in [2.75, 3.05) is 0 Å². The van der Waals surface area contributed by atoms with Crippen molar-refractivity contribution in [2.45, 2.75) is 32.3 Å². The molecule has 1 aliphatic carbocycles. The van der Waals surface area contributed by atoms with Crippen LogP contribution in [0, 0.1) is 5.41 Å². The van der Waals surface area contributed by atoms with Crippen molar-refractivity contribution in [3.05, 3.63) is 36.2 Å². The van der Waals surface area contributed by atoms with Crippen molar-refractivity contribution >= 4 is 0 Å². The molecule has 1 aromatic heterocycles. The molecule has 0 saturated heterocycles. The summed E-state index contributed by atoms with van der Waals surface area (Å²) in [4.78, 5) is 0. The molecule has 3 rings (SSSR count). The monoisotopic (exact) mass is 244 g/mol. The van der Waals surface area contributed by atoms with E-state index in [9.17, 15) is 5.11 Å². The number of aliphatic hydroxyl groups is 1. The van der Waals surface area contributed by atoms with Crippen LogP contribution in [0.3, 0.4) is 0 Å². The third-order valence-electron chi connectivity index (χ3n) is 3.82. The Morgan fingerprint density at radius 1 is 1.33 bits per heavy atom. The van der Waals surface area contributed by atoms with E-state index in [1.54, 1.807) is 4.68 Å². The molecule has 1 atom stereocenters. The summed E-state index contributed by atoms with van der Waals surface area (Å²) in [6.45, 7) is 1.85. The normalized spacial score (nSPS) is 18.6. The first-order valence-corrected chi connectivity index (χ1v) is 6.22. The maximum Gasteiger partial charge on any atom is 0.157 e. The molecule has 5 heteroatoms. The van der Waals surface area contributed by atoms with Gasteiger partial charge in [-0.05, 0) is 42.3 Å². The summed E-state index contributed by atoms with van der Waals surface area (Å²) in [7, 11) is 0. The number of rotatable bonds is 4. The summed E-state index contributed by atoms with van der Waals surface area (Å²) < 4.78 is 1.75. The summed E-state index contributed by atoms with van der Waals surface area (Å²) in [5, 5.41) is 21.7. The lowest BCUT2D eigenvalue weighted by Crippen LogP contribution is -2.22. The molecule has 0 bridgehead atoms. The molecule has 1 fully saturated rings. The van der Waals surface area contributed by atoms with Crippen molar-refractivity contribution in [3.8, 4) is 5.69 Å². The van der Waals surface area contributed by atoms with E-state index in [1.807, 2.05) is 37.3 Å². The molecule has 0 aliphatic heterocycles. The molecule has 1 aliphatic rings. The second-order valence-corrected chi connectivity index (χ2v) is 5.06. The molecule has 94 valence electrons. The Bertz CT molecular complexity index is 531. The number of hydrogen-bond acceptors (Lipinski definition) is 4. The maximum absolute atomic E-state index is 9.83. The van der Waals surface area contributed by atoms with E-state index in [1.165, 1.54) is 0 Å². The van der Waals surface area contributed by atoms with Gasteiger partial charge in [-0.2, -0.15) is 4.68 Å². The molecular weight excluding hydrogens is 228 g/mol. The first-order chi connectivity index (χ1) is 8.71. The first-order valence-electron chi connectivity index (χ1n) is 6.22. The average Bonchev–Trinajstić information content (AvgIpc) is 3.02. The lowest BCUT2D eigenvalue weighted by atomic mass is 9.96. The molecule has 0 radical (unpaired) electrons. The van der Waals surface area contributed by atoms with Crippen LogP contribution in [-0.2, 0) is 6.42 Å². The molecular formula is C13H16N4O. The van der Waals surface area contributed by atoms with Crippen LogP contribution in [0.2, 0.25) is 0 Å². The first kappa shape index (κ1) is 11.3. The molecule has 18 heavy (non-hydrogen) atoms. The smallest absolute Gasteiger partial charge is 0.157 e. The van der Waals surface area contributed by atoms with Gasteiger partial charge in [0, 0.05) is 11.8 Å². The fourth-order valence-corrected chi connectivity index (χ4v) is 2.30. The van der Waals surface area contributed by atoms with Crippen LogP contribution in [0.5, 0.6) is 0 Å². The zero-order valence-corrected chi connectivity index (χ0v) is 10.3. The zero-order chi connectivity index (χ0) is 12.6. The quantitative estimate of drug-likeness (QED) is 0.882. The number of aliphatic hydroxyl groups excluding tert-OH is 1.